The Hall–Kier alpha value is -0.473. The predicted octanol–water partition coefficient (Wildman–Crippen LogP) is 6.12. The molecule has 0 fully saturated rings. The molecular formula is C21H33IO3Si. The van der Waals surface area contributed by atoms with Gasteiger partial charge in [0.15, 0.2) is 6.29 Å². The van der Waals surface area contributed by atoms with Crippen molar-refractivity contribution < 1.29 is 14.2 Å². The second-order valence-electron chi connectivity index (χ2n) is 6.99. The lowest BCUT2D eigenvalue weighted by Crippen LogP contribution is -2.27. The summed E-state index contributed by atoms with van der Waals surface area (Å²) in [5.41, 5.74) is 2.37. The van der Waals surface area contributed by atoms with E-state index in [1.54, 1.807) is 0 Å². The highest BCUT2D eigenvalue weighted by molar-refractivity contribution is 14.1. The van der Waals surface area contributed by atoms with Crippen molar-refractivity contribution in [3.8, 4) is 0 Å². The van der Waals surface area contributed by atoms with Crippen LogP contribution in [0, 0.1) is 0 Å². The van der Waals surface area contributed by atoms with Crippen LogP contribution in [0.1, 0.15) is 25.8 Å². The van der Waals surface area contributed by atoms with Gasteiger partial charge in [-0.2, -0.15) is 0 Å². The van der Waals surface area contributed by atoms with Crippen LogP contribution in [0.2, 0.25) is 19.6 Å². The third-order valence-corrected chi connectivity index (χ3v) is 10.7. The highest BCUT2D eigenvalue weighted by atomic mass is 127. The zero-order valence-corrected chi connectivity index (χ0v) is 19.9. The summed E-state index contributed by atoms with van der Waals surface area (Å²) in [6.07, 6.45) is 4.92. The van der Waals surface area contributed by atoms with Crippen molar-refractivity contribution >= 4 is 30.7 Å². The van der Waals surface area contributed by atoms with Crippen LogP contribution < -0.4 is 0 Å². The second kappa shape index (κ2) is 12.8. The lowest BCUT2D eigenvalue weighted by Gasteiger charge is -2.25. The molecule has 0 atom stereocenters. The van der Waals surface area contributed by atoms with E-state index in [1.807, 2.05) is 32.0 Å². The van der Waals surface area contributed by atoms with E-state index in [0.717, 1.165) is 12.0 Å². The summed E-state index contributed by atoms with van der Waals surface area (Å²) < 4.78 is 18.9. The van der Waals surface area contributed by atoms with Crippen LogP contribution in [0.25, 0.3) is 0 Å². The molecule has 1 aromatic carbocycles. The first-order valence-electron chi connectivity index (χ1n) is 9.31. The molecule has 0 heterocycles. The van der Waals surface area contributed by atoms with Crippen molar-refractivity contribution in [1.29, 1.82) is 0 Å². The maximum Gasteiger partial charge on any atom is 0.184 e. The van der Waals surface area contributed by atoms with E-state index in [4.69, 9.17) is 14.2 Å². The van der Waals surface area contributed by atoms with Crippen LogP contribution in [-0.2, 0) is 20.8 Å². The molecule has 0 saturated carbocycles. The second-order valence-corrected chi connectivity index (χ2v) is 14.1. The highest BCUT2D eigenvalue weighted by Gasteiger charge is 2.25. The molecule has 0 aliphatic heterocycles. The predicted molar refractivity (Wildman–Crippen MR) is 121 cm³/mol. The van der Waals surface area contributed by atoms with E-state index >= 15 is 0 Å². The summed E-state index contributed by atoms with van der Waals surface area (Å²) in [7, 11) is -1.44. The summed E-state index contributed by atoms with van der Waals surface area (Å²) in [6.45, 7) is 13.7. The van der Waals surface area contributed by atoms with E-state index in [2.05, 4.69) is 66.5 Å². The van der Waals surface area contributed by atoms with Gasteiger partial charge in [-0.1, -0.05) is 84.7 Å². The zero-order valence-electron chi connectivity index (χ0n) is 16.8. The zero-order chi connectivity index (χ0) is 19.4. The van der Waals surface area contributed by atoms with E-state index < -0.39 is 8.07 Å². The van der Waals surface area contributed by atoms with Crippen LogP contribution in [0.15, 0.2) is 51.3 Å². The quantitative estimate of drug-likeness (QED) is 0.117. The monoisotopic (exact) mass is 488 g/mol. The molecule has 1 aromatic rings. The molecular weight excluding hydrogens is 455 g/mol. The van der Waals surface area contributed by atoms with Gasteiger partial charge in [-0.25, -0.2) is 0 Å². The number of hydrogen-bond acceptors (Lipinski definition) is 3. The summed E-state index contributed by atoms with van der Waals surface area (Å²) in [5.74, 6) is 0. The number of halogens is 1. The fourth-order valence-corrected chi connectivity index (χ4v) is 3.85. The molecule has 0 spiro atoms. The molecule has 0 amide bonds. The van der Waals surface area contributed by atoms with Crippen molar-refractivity contribution in [2.45, 2.75) is 52.8 Å². The number of hydrogen-bond donors (Lipinski definition) is 0. The molecule has 26 heavy (non-hydrogen) atoms. The highest BCUT2D eigenvalue weighted by Crippen LogP contribution is 2.29. The topological polar surface area (TPSA) is 27.7 Å². The Morgan fingerprint density at radius 1 is 1.08 bits per heavy atom. The van der Waals surface area contributed by atoms with Gasteiger partial charge in [-0.15, -0.1) is 0 Å². The van der Waals surface area contributed by atoms with Crippen LogP contribution in [0.5, 0.6) is 0 Å². The fourth-order valence-electron chi connectivity index (χ4n) is 2.34. The van der Waals surface area contributed by atoms with E-state index in [9.17, 15) is 0 Å². The molecule has 0 unspecified atom stereocenters. The third kappa shape index (κ3) is 8.95. The molecule has 0 bridgehead atoms. The Labute approximate surface area is 174 Å². The lowest BCUT2D eigenvalue weighted by molar-refractivity contribution is -0.109. The number of rotatable bonds is 12. The molecule has 5 heteroatoms. The average Bonchev–Trinajstić information content (AvgIpc) is 2.61. The SMILES string of the molecule is CCOC(OCC)C(/C=C/CCOCc1ccccc1)=C(/I)[Si](C)(C)C. The van der Waals surface area contributed by atoms with Gasteiger partial charge in [0.05, 0.1) is 21.3 Å². The summed E-state index contributed by atoms with van der Waals surface area (Å²) in [5, 5.41) is 0. The lowest BCUT2D eigenvalue weighted by atomic mass is 10.2. The Bertz CT molecular complexity index is 558. The van der Waals surface area contributed by atoms with Crippen molar-refractivity contribution in [2.75, 3.05) is 19.8 Å². The van der Waals surface area contributed by atoms with Crippen LogP contribution >= 0.6 is 22.6 Å². The van der Waals surface area contributed by atoms with Gasteiger partial charge >= 0.3 is 0 Å². The Balaban J connectivity index is 2.68. The van der Waals surface area contributed by atoms with Crippen molar-refractivity contribution in [1.82, 2.24) is 0 Å². The number of ether oxygens (including phenoxy) is 3. The molecule has 0 aromatic heterocycles. The molecule has 0 N–H and O–H groups in total. The largest absolute Gasteiger partial charge is 0.376 e. The first-order valence-corrected chi connectivity index (χ1v) is 13.9. The standard InChI is InChI=1S/C21H33IO3Si/c1-6-24-21(25-7-2)19(20(22)26(3,4)5)15-11-12-16-23-17-18-13-9-8-10-14-18/h8-11,13-15,21H,6-7,12,16-17H2,1-5H3/b15-11+,20-19-. The van der Waals surface area contributed by atoms with E-state index in [-0.39, 0.29) is 6.29 Å². The van der Waals surface area contributed by atoms with Gasteiger partial charge in [0, 0.05) is 18.8 Å². The molecule has 1 rings (SSSR count). The Morgan fingerprint density at radius 2 is 1.69 bits per heavy atom. The van der Waals surface area contributed by atoms with Gasteiger partial charge < -0.3 is 14.2 Å². The smallest absolute Gasteiger partial charge is 0.184 e. The molecule has 0 radical (unpaired) electrons. The normalized spacial score (nSPS) is 13.5. The molecule has 3 nitrogen and oxygen atoms in total. The summed E-state index contributed by atoms with van der Waals surface area (Å²) >= 11 is 2.48. The Kier molecular flexibility index (Phi) is 11.6. The maximum absolute atomic E-state index is 5.85. The van der Waals surface area contributed by atoms with Crippen molar-refractivity contribution in [3.63, 3.8) is 0 Å². The number of benzene rings is 1. The fraction of sp³-hybridized carbons (Fsp3) is 0.524. The molecule has 0 aliphatic carbocycles. The average molecular weight is 488 g/mol. The maximum atomic E-state index is 5.85. The van der Waals surface area contributed by atoms with Gasteiger partial charge in [-0.3, -0.25) is 0 Å². The minimum absolute atomic E-state index is 0.287. The van der Waals surface area contributed by atoms with Crippen LogP contribution in [-0.4, -0.2) is 34.2 Å². The first kappa shape index (κ1) is 23.6. The molecule has 0 saturated heterocycles. The summed E-state index contributed by atoms with van der Waals surface area (Å²) in [6, 6.07) is 10.3. The van der Waals surface area contributed by atoms with Crippen molar-refractivity contribution in [3.05, 3.63) is 56.8 Å². The van der Waals surface area contributed by atoms with Gasteiger partial charge in [-0.05, 0) is 29.0 Å². The molecule has 0 aliphatic rings. The Morgan fingerprint density at radius 3 is 2.23 bits per heavy atom. The van der Waals surface area contributed by atoms with Crippen LogP contribution in [0.4, 0.5) is 0 Å². The van der Waals surface area contributed by atoms with Crippen LogP contribution in [0.3, 0.4) is 0 Å². The van der Waals surface area contributed by atoms with Gasteiger partial charge in [0.25, 0.3) is 0 Å². The van der Waals surface area contributed by atoms with Gasteiger partial charge in [0.2, 0.25) is 0 Å². The van der Waals surface area contributed by atoms with Gasteiger partial charge in [0.1, 0.15) is 0 Å². The minimum atomic E-state index is -1.44. The van der Waals surface area contributed by atoms with E-state index in [0.29, 0.717) is 26.4 Å². The van der Waals surface area contributed by atoms with E-state index in [1.165, 1.54) is 8.77 Å². The molecule has 146 valence electrons. The van der Waals surface area contributed by atoms with Crippen molar-refractivity contribution in [2.24, 2.45) is 0 Å². The first-order chi connectivity index (χ1) is 12.4. The minimum Gasteiger partial charge on any atom is -0.376 e. The summed E-state index contributed by atoms with van der Waals surface area (Å²) in [4.78, 5) is 0. The third-order valence-electron chi connectivity index (χ3n) is 3.64.